The van der Waals surface area contributed by atoms with Crippen LogP contribution in [0.15, 0.2) is 103 Å². The Hall–Kier alpha value is -4.12. The number of ether oxygens (including phenoxy) is 1. The predicted octanol–water partition coefficient (Wildman–Crippen LogP) is 5.74. The summed E-state index contributed by atoms with van der Waals surface area (Å²) in [6, 6.07) is 28.2. The molecule has 4 rings (SSSR count). The number of carbonyl (C=O) groups is 1. The van der Waals surface area contributed by atoms with Gasteiger partial charge in [-0.1, -0.05) is 30.3 Å². The lowest BCUT2D eigenvalue weighted by atomic mass is 10.1. The fourth-order valence-electron chi connectivity index (χ4n) is 2.96. The molecular formula is C25H21N3O2. The lowest BCUT2D eigenvalue weighted by molar-refractivity contribution is 0.102. The van der Waals surface area contributed by atoms with Gasteiger partial charge in [0.25, 0.3) is 5.91 Å². The van der Waals surface area contributed by atoms with Crippen molar-refractivity contribution >= 4 is 17.3 Å². The Morgan fingerprint density at radius 1 is 0.767 bits per heavy atom. The molecule has 4 aromatic rings. The Kier molecular flexibility index (Phi) is 6.01. The molecule has 0 bridgehead atoms. The molecule has 1 amide bonds. The van der Waals surface area contributed by atoms with Crippen LogP contribution in [0.5, 0.6) is 11.5 Å². The van der Waals surface area contributed by atoms with Crippen LogP contribution in [0.25, 0.3) is 0 Å². The van der Waals surface area contributed by atoms with E-state index < -0.39 is 0 Å². The maximum absolute atomic E-state index is 12.8. The molecule has 0 radical (unpaired) electrons. The van der Waals surface area contributed by atoms with Gasteiger partial charge >= 0.3 is 0 Å². The molecule has 148 valence electrons. The van der Waals surface area contributed by atoms with Gasteiger partial charge in [0, 0.05) is 30.3 Å². The van der Waals surface area contributed by atoms with Gasteiger partial charge in [0.1, 0.15) is 11.5 Å². The minimum Gasteiger partial charge on any atom is -0.457 e. The molecule has 0 atom stereocenters. The summed E-state index contributed by atoms with van der Waals surface area (Å²) in [7, 11) is 0. The predicted molar refractivity (Wildman–Crippen MR) is 119 cm³/mol. The van der Waals surface area contributed by atoms with Gasteiger partial charge in [0.15, 0.2) is 0 Å². The van der Waals surface area contributed by atoms with Crippen molar-refractivity contribution in [3.8, 4) is 11.5 Å². The molecule has 1 heterocycles. The largest absolute Gasteiger partial charge is 0.457 e. The molecule has 0 saturated heterocycles. The third-order valence-electron chi connectivity index (χ3n) is 4.50. The summed E-state index contributed by atoms with van der Waals surface area (Å²) in [5.41, 5.74) is 3.14. The Morgan fingerprint density at radius 2 is 1.43 bits per heavy atom. The van der Waals surface area contributed by atoms with Crippen LogP contribution >= 0.6 is 0 Å². The number of nitrogens with zero attached hydrogens (tertiary/aromatic N) is 1. The number of amides is 1. The Balaban J connectivity index is 1.41. The number of aromatic nitrogens is 1. The molecule has 1 aromatic heterocycles. The second-order valence-electron chi connectivity index (χ2n) is 6.65. The highest BCUT2D eigenvalue weighted by molar-refractivity contribution is 6.08. The van der Waals surface area contributed by atoms with Crippen molar-refractivity contribution in [2.45, 2.75) is 6.54 Å². The molecule has 0 aliphatic carbocycles. The Labute approximate surface area is 175 Å². The van der Waals surface area contributed by atoms with E-state index in [1.165, 1.54) is 0 Å². The molecule has 3 aromatic carbocycles. The summed E-state index contributed by atoms with van der Waals surface area (Å²) in [4.78, 5) is 16.9. The zero-order valence-corrected chi connectivity index (χ0v) is 16.3. The number of pyridine rings is 1. The van der Waals surface area contributed by atoms with Crippen molar-refractivity contribution in [3.05, 3.63) is 115 Å². The topological polar surface area (TPSA) is 63.2 Å². The molecule has 0 spiro atoms. The molecule has 5 heteroatoms. The van der Waals surface area contributed by atoms with E-state index in [1.54, 1.807) is 18.5 Å². The molecular weight excluding hydrogens is 374 g/mol. The van der Waals surface area contributed by atoms with Gasteiger partial charge in [0.05, 0.1) is 5.56 Å². The normalized spacial score (nSPS) is 10.3. The standard InChI is InChI=1S/C25H21N3O2/c29-25(23-8-4-5-9-24(23)27-18-19-14-16-26-17-15-19)28-20-10-12-22(13-11-20)30-21-6-2-1-3-7-21/h1-17,27H,18H2,(H,28,29). The number of benzene rings is 3. The highest BCUT2D eigenvalue weighted by atomic mass is 16.5. The summed E-state index contributed by atoms with van der Waals surface area (Å²) in [6.07, 6.45) is 3.50. The monoisotopic (exact) mass is 395 g/mol. The summed E-state index contributed by atoms with van der Waals surface area (Å²) in [5.74, 6) is 1.30. The van der Waals surface area contributed by atoms with Gasteiger partial charge in [0.2, 0.25) is 0 Å². The molecule has 5 nitrogen and oxygen atoms in total. The van der Waals surface area contributed by atoms with Crippen LogP contribution in [-0.2, 0) is 6.54 Å². The molecule has 2 N–H and O–H groups in total. The van der Waals surface area contributed by atoms with Gasteiger partial charge in [-0.15, -0.1) is 0 Å². The minimum absolute atomic E-state index is 0.176. The number of rotatable bonds is 7. The van der Waals surface area contributed by atoms with Crippen LogP contribution in [0.1, 0.15) is 15.9 Å². The van der Waals surface area contributed by atoms with Crippen molar-refractivity contribution in [1.82, 2.24) is 4.98 Å². The zero-order chi connectivity index (χ0) is 20.6. The molecule has 0 saturated carbocycles. The van der Waals surface area contributed by atoms with Crippen LogP contribution in [0.4, 0.5) is 11.4 Å². The van der Waals surface area contributed by atoms with Crippen molar-refractivity contribution < 1.29 is 9.53 Å². The number of hydrogen-bond acceptors (Lipinski definition) is 4. The highest BCUT2D eigenvalue weighted by Gasteiger charge is 2.11. The Morgan fingerprint density at radius 3 is 2.20 bits per heavy atom. The van der Waals surface area contributed by atoms with Crippen molar-refractivity contribution in [2.24, 2.45) is 0 Å². The van der Waals surface area contributed by atoms with E-state index in [2.05, 4.69) is 15.6 Å². The van der Waals surface area contributed by atoms with E-state index >= 15 is 0 Å². The SMILES string of the molecule is O=C(Nc1ccc(Oc2ccccc2)cc1)c1ccccc1NCc1ccncc1. The van der Waals surface area contributed by atoms with Crippen LogP contribution in [0, 0.1) is 0 Å². The van der Waals surface area contributed by atoms with Gasteiger partial charge in [-0.3, -0.25) is 9.78 Å². The fourth-order valence-corrected chi connectivity index (χ4v) is 2.96. The second kappa shape index (κ2) is 9.39. The van der Waals surface area contributed by atoms with Gasteiger partial charge in [-0.25, -0.2) is 0 Å². The maximum atomic E-state index is 12.8. The van der Waals surface area contributed by atoms with Crippen LogP contribution in [-0.4, -0.2) is 10.9 Å². The summed E-state index contributed by atoms with van der Waals surface area (Å²) in [6.45, 7) is 0.609. The molecule has 0 aliphatic heterocycles. The van der Waals surface area contributed by atoms with Gasteiger partial charge in [-0.2, -0.15) is 0 Å². The second-order valence-corrected chi connectivity index (χ2v) is 6.65. The Bertz CT molecular complexity index is 1100. The van der Waals surface area contributed by atoms with Gasteiger partial charge < -0.3 is 15.4 Å². The number of hydrogen-bond donors (Lipinski definition) is 2. The molecule has 30 heavy (non-hydrogen) atoms. The number of nitrogens with one attached hydrogen (secondary N) is 2. The first-order chi connectivity index (χ1) is 14.8. The number of para-hydroxylation sites is 2. The number of carbonyl (C=O) groups excluding carboxylic acids is 1. The fraction of sp³-hybridized carbons (Fsp3) is 0.0400. The number of anilines is 2. The third kappa shape index (κ3) is 5.02. The highest BCUT2D eigenvalue weighted by Crippen LogP contribution is 2.24. The van der Waals surface area contributed by atoms with E-state index in [9.17, 15) is 4.79 Å². The van der Waals surface area contributed by atoms with Crippen LogP contribution in [0.3, 0.4) is 0 Å². The van der Waals surface area contributed by atoms with Crippen molar-refractivity contribution in [3.63, 3.8) is 0 Å². The minimum atomic E-state index is -0.176. The first-order valence-electron chi connectivity index (χ1n) is 9.64. The third-order valence-corrected chi connectivity index (χ3v) is 4.50. The first kappa shape index (κ1) is 19.2. The average molecular weight is 395 g/mol. The van der Waals surface area contributed by atoms with Crippen LogP contribution in [0.2, 0.25) is 0 Å². The smallest absolute Gasteiger partial charge is 0.257 e. The summed E-state index contributed by atoms with van der Waals surface area (Å²) < 4.78 is 5.79. The van der Waals surface area contributed by atoms with Crippen molar-refractivity contribution in [1.29, 1.82) is 0 Å². The lowest BCUT2D eigenvalue weighted by Gasteiger charge is -2.13. The molecule has 0 fully saturated rings. The van der Waals surface area contributed by atoms with E-state index in [1.807, 2.05) is 84.9 Å². The first-order valence-corrected chi connectivity index (χ1v) is 9.64. The zero-order valence-electron chi connectivity index (χ0n) is 16.3. The lowest BCUT2D eigenvalue weighted by Crippen LogP contribution is -2.14. The van der Waals surface area contributed by atoms with E-state index in [-0.39, 0.29) is 5.91 Å². The maximum Gasteiger partial charge on any atom is 0.257 e. The van der Waals surface area contributed by atoms with Gasteiger partial charge in [-0.05, 0) is 66.2 Å². The van der Waals surface area contributed by atoms with Crippen molar-refractivity contribution in [2.75, 3.05) is 10.6 Å². The van der Waals surface area contributed by atoms with E-state index in [0.29, 0.717) is 23.5 Å². The van der Waals surface area contributed by atoms with E-state index in [0.717, 1.165) is 17.0 Å². The van der Waals surface area contributed by atoms with E-state index in [4.69, 9.17) is 4.74 Å². The molecule has 0 aliphatic rings. The molecule has 0 unspecified atom stereocenters. The quantitative estimate of drug-likeness (QED) is 0.419. The summed E-state index contributed by atoms with van der Waals surface area (Å²) in [5, 5.41) is 6.27. The average Bonchev–Trinajstić information content (AvgIpc) is 2.80. The van der Waals surface area contributed by atoms with Crippen LogP contribution < -0.4 is 15.4 Å². The summed E-state index contributed by atoms with van der Waals surface area (Å²) >= 11 is 0.